The number of hydrogen-bond acceptors (Lipinski definition) is 9. The third-order valence-electron chi connectivity index (χ3n) is 7.73. The number of alkyl carbamates (subject to hydrolysis) is 1. The van der Waals surface area contributed by atoms with Crippen LogP contribution in [0.25, 0.3) is 0 Å². The van der Waals surface area contributed by atoms with Crippen LogP contribution in [0.15, 0.2) is 84.9 Å². The third-order valence-corrected chi connectivity index (χ3v) is 10.3. The Bertz CT molecular complexity index is 1470. The summed E-state index contributed by atoms with van der Waals surface area (Å²) in [7, 11) is 2.90. The van der Waals surface area contributed by atoms with Crippen LogP contribution in [-0.2, 0) is 42.0 Å². The maximum absolute atomic E-state index is 13.7. The molecule has 0 spiro atoms. The molecule has 0 aliphatic carbocycles. The van der Waals surface area contributed by atoms with Crippen LogP contribution in [-0.4, -0.2) is 68.2 Å². The highest BCUT2D eigenvalue weighted by Crippen LogP contribution is 2.26. The minimum atomic E-state index is -0.913. The molecule has 3 rings (SSSR count). The molecular weight excluding hydrogens is 675 g/mol. The average Bonchev–Trinajstić information content (AvgIpc) is 3.13. The molecule has 0 aromatic heterocycles. The maximum Gasteiger partial charge on any atom is 0.407 e. The maximum atomic E-state index is 13.7. The van der Waals surface area contributed by atoms with Gasteiger partial charge >= 0.3 is 12.1 Å². The average molecular weight is 724 g/mol. The number of hydrogen-bond donors (Lipinski definition) is 3. The number of rotatable bonds is 21. The molecule has 0 saturated heterocycles. The first-order chi connectivity index (χ1) is 24.1. The van der Waals surface area contributed by atoms with Gasteiger partial charge in [0.05, 0.1) is 19.6 Å². The van der Waals surface area contributed by atoms with Crippen molar-refractivity contribution in [3.63, 3.8) is 0 Å². The standard InChI is InChI=1S/C38H49N3O7S2/c1-38(2,27-50-25-30-18-20-31(46-3)21-19-30)36(44)41-33(26-49-24-29-15-9-6-10-16-29)34(42)40-32(35(43)47-4)17-11-12-22-39-37(45)48-23-28-13-7-5-8-14-28/h5-10,13-16,18-21,32-33H,11-12,17,22-27H2,1-4H3,(H,39,45)(H,40,42)(H,41,44)/t32-,33-/m0/s1. The van der Waals surface area contributed by atoms with Crippen molar-refractivity contribution in [2.75, 3.05) is 32.3 Å². The summed E-state index contributed by atoms with van der Waals surface area (Å²) in [5, 5.41) is 8.49. The van der Waals surface area contributed by atoms with Crippen molar-refractivity contribution in [2.24, 2.45) is 5.41 Å². The Morgan fingerprint density at radius 1 is 0.740 bits per heavy atom. The van der Waals surface area contributed by atoms with Crippen LogP contribution in [0.3, 0.4) is 0 Å². The summed E-state index contributed by atoms with van der Waals surface area (Å²) in [5.41, 5.74) is 2.34. The molecule has 0 unspecified atom stereocenters. The first-order valence-corrected chi connectivity index (χ1v) is 18.9. The summed E-state index contributed by atoms with van der Waals surface area (Å²) in [6, 6.07) is 25.3. The highest BCUT2D eigenvalue weighted by molar-refractivity contribution is 7.98. The molecular formula is C38H49N3O7S2. The number of esters is 1. The lowest BCUT2D eigenvalue weighted by molar-refractivity contribution is -0.145. The summed E-state index contributed by atoms with van der Waals surface area (Å²) in [5.74, 6) is 1.73. The predicted molar refractivity (Wildman–Crippen MR) is 200 cm³/mol. The van der Waals surface area contributed by atoms with Gasteiger partial charge in [0, 0.05) is 29.6 Å². The van der Waals surface area contributed by atoms with E-state index < -0.39 is 35.5 Å². The Morgan fingerprint density at radius 2 is 1.36 bits per heavy atom. The second kappa shape index (κ2) is 21.8. The zero-order valence-electron chi connectivity index (χ0n) is 29.3. The van der Waals surface area contributed by atoms with Crippen LogP contribution in [0, 0.1) is 5.41 Å². The van der Waals surface area contributed by atoms with Gasteiger partial charge in [0.15, 0.2) is 0 Å². The van der Waals surface area contributed by atoms with Crippen LogP contribution < -0.4 is 20.7 Å². The van der Waals surface area contributed by atoms with E-state index in [1.54, 1.807) is 18.9 Å². The van der Waals surface area contributed by atoms with E-state index in [4.69, 9.17) is 14.2 Å². The Morgan fingerprint density at radius 3 is 2.00 bits per heavy atom. The van der Waals surface area contributed by atoms with E-state index in [1.807, 2.05) is 98.8 Å². The zero-order chi connectivity index (χ0) is 36.2. The predicted octanol–water partition coefficient (Wildman–Crippen LogP) is 6.13. The summed E-state index contributed by atoms with van der Waals surface area (Å²) in [4.78, 5) is 52.0. The van der Waals surface area contributed by atoms with Gasteiger partial charge in [0.2, 0.25) is 11.8 Å². The van der Waals surface area contributed by atoms with Gasteiger partial charge in [-0.3, -0.25) is 9.59 Å². The van der Waals surface area contributed by atoms with E-state index in [1.165, 1.54) is 18.9 Å². The lowest BCUT2D eigenvalue weighted by atomic mass is 9.95. The van der Waals surface area contributed by atoms with E-state index in [0.29, 0.717) is 43.1 Å². The van der Waals surface area contributed by atoms with Crippen molar-refractivity contribution in [1.82, 2.24) is 16.0 Å². The summed E-state index contributed by atoms with van der Waals surface area (Å²) < 4.78 is 15.4. The summed E-state index contributed by atoms with van der Waals surface area (Å²) >= 11 is 3.16. The van der Waals surface area contributed by atoms with Gasteiger partial charge in [-0.05, 0) is 48.1 Å². The number of ether oxygens (including phenoxy) is 3. The van der Waals surface area contributed by atoms with Gasteiger partial charge in [-0.15, -0.1) is 0 Å². The Labute approximate surface area is 304 Å². The summed E-state index contributed by atoms with van der Waals surface area (Å²) in [6.07, 6.45) is 0.849. The van der Waals surface area contributed by atoms with Gasteiger partial charge in [0.1, 0.15) is 24.4 Å². The molecule has 0 aliphatic rings. The second-order valence-electron chi connectivity index (χ2n) is 12.3. The monoisotopic (exact) mass is 723 g/mol. The van der Waals surface area contributed by atoms with E-state index >= 15 is 0 Å². The van der Waals surface area contributed by atoms with Crippen molar-refractivity contribution in [3.8, 4) is 5.75 Å². The van der Waals surface area contributed by atoms with Gasteiger partial charge < -0.3 is 30.2 Å². The van der Waals surface area contributed by atoms with E-state index in [9.17, 15) is 19.2 Å². The largest absolute Gasteiger partial charge is 0.497 e. The minimum Gasteiger partial charge on any atom is -0.497 e. The topological polar surface area (TPSA) is 132 Å². The Balaban J connectivity index is 1.54. The van der Waals surface area contributed by atoms with Crippen LogP contribution in [0.1, 0.15) is 49.8 Å². The molecule has 3 aromatic carbocycles. The number of amides is 3. The SMILES string of the molecule is COC(=O)[C@H](CCCCNC(=O)OCc1ccccc1)NC(=O)[C@H](CSCc1ccccc1)NC(=O)C(C)(C)CSCc1ccc(OC)cc1. The number of carbonyl (C=O) groups is 4. The van der Waals surface area contributed by atoms with E-state index in [-0.39, 0.29) is 12.5 Å². The molecule has 0 heterocycles. The highest BCUT2D eigenvalue weighted by Gasteiger charge is 2.33. The number of nitrogens with one attached hydrogen (secondary N) is 3. The fraction of sp³-hybridized carbons (Fsp3) is 0.421. The highest BCUT2D eigenvalue weighted by atomic mass is 32.2. The van der Waals surface area contributed by atoms with Crippen molar-refractivity contribution in [1.29, 1.82) is 0 Å². The normalized spacial score (nSPS) is 12.2. The molecule has 0 radical (unpaired) electrons. The molecule has 3 N–H and O–H groups in total. The van der Waals surface area contributed by atoms with Gasteiger partial charge in [-0.1, -0.05) is 86.6 Å². The molecule has 0 fully saturated rings. The molecule has 10 nitrogen and oxygen atoms in total. The van der Waals surface area contributed by atoms with Gasteiger partial charge in [0.25, 0.3) is 0 Å². The van der Waals surface area contributed by atoms with E-state index in [2.05, 4.69) is 16.0 Å². The quantitative estimate of drug-likeness (QED) is 0.0878. The minimum absolute atomic E-state index is 0.171. The van der Waals surface area contributed by atoms with Crippen LogP contribution >= 0.6 is 23.5 Å². The molecule has 2 atom stereocenters. The number of unbranched alkanes of at least 4 members (excludes halogenated alkanes) is 1. The molecule has 0 saturated carbocycles. The second-order valence-corrected chi connectivity index (χ2v) is 14.3. The van der Waals surface area contributed by atoms with Gasteiger partial charge in [-0.25, -0.2) is 9.59 Å². The Kier molecular flexibility index (Phi) is 17.6. The molecule has 50 heavy (non-hydrogen) atoms. The summed E-state index contributed by atoms with van der Waals surface area (Å²) in [6.45, 7) is 4.23. The fourth-order valence-corrected chi connectivity index (χ4v) is 6.91. The van der Waals surface area contributed by atoms with Crippen molar-refractivity contribution < 1.29 is 33.4 Å². The number of thioether (sulfide) groups is 2. The fourth-order valence-electron chi connectivity index (χ4n) is 4.72. The van der Waals surface area contributed by atoms with Crippen LogP contribution in [0.2, 0.25) is 0 Å². The van der Waals surface area contributed by atoms with Crippen LogP contribution in [0.4, 0.5) is 4.79 Å². The number of benzene rings is 3. The first-order valence-electron chi connectivity index (χ1n) is 16.6. The smallest absolute Gasteiger partial charge is 0.407 e. The Hall–Kier alpha value is -4.16. The molecule has 3 amide bonds. The molecule has 3 aromatic rings. The molecule has 270 valence electrons. The molecule has 12 heteroatoms. The molecule has 0 aliphatic heterocycles. The number of carbonyl (C=O) groups excluding carboxylic acids is 4. The zero-order valence-corrected chi connectivity index (χ0v) is 30.9. The molecule has 0 bridgehead atoms. The third kappa shape index (κ3) is 14.8. The number of methoxy groups -OCH3 is 2. The van der Waals surface area contributed by atoms with Gasteiger partial charge in [-0.2, -0.15) is 23.5 Å². The van der Waals surface area contributed by atoms with Crippen molar-refractivity contribution in [3.05, 3.63) is 102 Å². The van der Waals surface area contributed by atoms with Crippen LogP contribution in [0.5, 0.6) is 5.75 Å². The first kappa shape index (κ1) is 40.3. The lowest BCUT2D eigenvalue weighted by Gasteiger charge is -2.28. The lowest BCUT2D eigenvalue weighted by Crippen LogP contribution is -2.55. The van der Waals surface area contributed by atoms with Crippen molar-refractivity contribution >= 4 is 47.4 Å². The van der Waals surface area contributed by atoms with Crippen molar-refractivity contribution in [2.45, 2.75) is 63.3 Å². The van der Waals surface area contributed by atoms with E-state index in [0.717, 1.165) is 28.2 Å².